The Morgan fingerprint density at radius 2 is 1.84 bits per heavy atom. The number of fused-ring (bicyclic) bond motifs is 3. The van der Waals surface area contributed by atoms with Gasteiger partial charge >= 0.3 is 0 Å². The van der Waals surface area contributed by atoms with Gasteiger partial charge in [0.05, 0.1) is 25.0 Å². The lowest BCUT2D eigenvalue weighted by atomic mass is 9.66. The number of rotatable bonds is 5. The van der Waals surface area contributed by atoms with Gasteiger partial charge in [0, 0.05) is 35.8 Å². The number of benzene rings is 2. The number of para-hydroxylation sites is 1. The lowest BCUT2D eigenvalue weighted by Gasteiger charge is -2.56. The summed E-state index contributed by atoms with van der Waals surface area (Å²) in [7, 11) is 0. The summed E-state index contributed by atoms with van der Waals surface area (Å²) in [6.07, 6.45) is 7.99. The van der Waals surface area contributed by atoms with Crippen LogP contribution in [0.3, 0.4) is 0 Å². The highest BCUT2D eigenvalue weighted by Crippen LogP contribution is 2.62. The Morgan fingerprint density at radius 3 is 2.70 bits per heavy atom. The molecular formula is C30H34N6O. The molecule has 2 aromatic heterocycles. The van der Waals surface area contributed by atoms with Crippen molar-refractivity contribution in [2.45, 2.75) is 64.2 Å². The molecule has 0 saturated carbocycles. The minimum atomic E-state index is -0.481. The Bertz CT molecular complexity index is 1460. The molecule has 0 unspecified atom stereocenters. The third-order valence-electron chi connectivity index (χ3n) is 9.28. The van der Waals surface area contributed by atoms with Crippen molar-refractivity contribution >= 4 is 16.8 Å². The van der Waals surface area contributed by atoms with Gasteiger partial charge in [0.15, 0.2) is 0 Å². The minimum Gasteiger partial charge on any atom is -0.355 e. The summed E-state index contributed by atoms with van der Waals surface area (Å²) in [6, 6.07) is 18.9. The number of H-pyrrole nitrogens is 1. The SMILES string of the molecule is CC[C@@]12CCCCN3CCc4c([nH]c5ccccc45)[C@]31N(Cc1cn(Cc3ccccc3)nn1)C(=O)C2. The summed E-state index contributed by atoms with van der Waals surface area (Å²) >= 11 is 0. The topological polar surface area (TPSA) is 70.1 Å². The molecule has 2 atom stereocenters. The van der Waals surface area contributed by atoms with E-state index in [0.29, 0.717) is 19.5 Å². The number of nitrogens with one attached hydrogen (secondary N) is 1. The zero-order valence-electron chi connectivity index (χ0n) is 21.5. The number of aromatic amines is 1. The summed E-state index contributed by atoms with van der Waals surface area (Å²) in [5, 5.41) is 10.3. The summed E-state index contributed by atoms with van der Waals surface area (Å²) in [5.74, 6) is 0.234. The quantitative estimate of drug-likeness (QED) is 0.431. The number of nitrogens with zero attached hydrogens (tertiary/aromatic N) is 5. The van der Waals surface area contributed by atoms with E-state index < -0.39 is 5.66 Å². The highest BCUT2D eigenvalue weighted by atomic mass is 16.2. The smallest absolute Gasteiger partial charge is 0.225 e. The van der Waals surface area contributed by atoms with Gasteiger partial charge in [-0.25, -0.2) is 4.68 Å². The molecule has 2 aromatic carbocycles. The Balaban J connectivity index is 1.35. The van der Waals surface area contributed by atoms with Crippen LogP contribution in [0.25, 0.3) is 10.9 Å². The van der Waals surface area contributed by atoms with Crippen molar-refractivity contribution in [3.05, 3.63) is 83.3 Å². The Kier molecular flexibility index (Phi) is 5.25. The van der Waals surface area contributed by atoms with Crippen LogP contribution in [0.5, 0.6) is 0 Å². The van der Waals surface area contributed by atoms with Crippen molar-refractivity contribution in [3.63, 3.8) is 0 Å². The first-order valence-corrected chi connectivity index (χ1v) is 13.7. The first-order chi connectivity index (χ1) is 18.1. The molecule has 0 bridgehead atoms. The van der Waals surface area contributed by atoms with Crippen molar-refractivity contribution in [2.24, 2.45) is 5.41 Å². The maximum Gasteiger partial charge on any atom is 0.225 e. The standard InChI is InChI=1S/C30H34N6O/c1-2-29-15-8-9-16-34-17-14-25-24-12-6-7-13-26(24)31-28(25)30(29,34)36(27(37)18-29)21-23-20-35(33-32-23)19-22-10-4-3-5-11-22/h3-7,10-13,20,31H,2,8-9,14-19,21H2,1H3/t29-,30+/m0/s1. The average Bonchev–Trinajstić information content (AvgIpc) is 3.56. The third-order valence-corrected chi connectivity index (χ3v) is 9.28. The second-order valence-corrected chi connectivity index (χ2v) is 11.1. The van der Waals surface area contributed by atoms with Crippen molar-refractivity contribution < 1.29 is 4.79 Å². The zero-order chi connectivity index (χ0) is 25.0. The summed E-state index contributed by atoms with van der Waals surface area (Å²) in [6.45, 7) is 5.42. The first-order valence-electron chi connectivity index (χ1n) is 13.7. The molecular weight excluding hydrogens is 460 g/mol. The molecule has 4 aromatic rings. The van der Waals surface area contributed by atoms with E-state index in [-0.39, 0.29) is 11.3 Å². The number of carbonyl (C=O) groups is 1. The maximum absolute atomic E-state index is 14.0. The fraction of sp³-hybridized carbons (Fsp3) is 0.433. The van der Waals surface area contributed by atoms with Crippen LogP contribution >= 0.6 is 0 Å². The Labute approximate surface area is 217 Å². The third kappa shape index (κ3) is 3.26. The van der Waals surface area contributed by atoms with E-state index in [9.17, 15) is 4.79 Å². The van der Waals surface area contributed by atoms with Gasteiger partial charge in [0.2, 0.25) is 5.91 Å². The largest absolute Gasteiger partial charge is 0.355 e. The van der Waals surface area contributed by atoms with E-state index >= 15 is 0 Å². The van der Waals surface area contributed by atoms with Crippen LogP contribution in [0.1, 0.15) is 61.5 Å². The molecule has 2 fully saturated rings. The van der Waals surface area contributed by atoms with Crippen LogP contribution in [-0.4, -0.2) is 48.8 Å². The van der Waals surface area contributed by atoms with Crippen LogP contribution < -0.4 is 0 Å². The lowest BCUT2D eigenvalue weighted by molar-refractivity contribution is -0.151. The summed E-state index contributed by atoms with van der Waals surface area (Å²) < 4.78 is 1.88. The van der Waals surface area contributed by atoms with Crippen molar-refractivity contribution in [1.82, 2.24) is 29.8 Å². The average molecular weight is 495 g/mol. The highest BCUT2D eigenvalue weighted by Gasteiger charge is 2.67. The van der Waals surface area contributed by atoms with Crippen molar-refractivity contribution in [3.8, 4) is 0 Å². The van der Waals surface area contributed by atoms with E-state index in [4.69, 9.17) is 0 Å². The molecule has 3 aliphatic rings. The van der Waals surface area contributed by atoms with Crippen LogP contribution in [-0.2, 0) is 30.0 Å². The molecule has 2 saturated heterocycles. The molecule has 3 aliphatic heterocycles. The van der Waals surface area contributed by atoms with Gasteiger partial charge in [0.25, 0.3) is 0 Å². The van der Waals surface area contributed by atoms with E-state index in [0.717, 1.165) is 44.5 Å². The molecule has 7 rings (SSSR count). The second kappa shape index (κ2) is 8.55. The molecule has 7 heteroatoms. The minimum absolute atomic E-state index is 0.128. The molecule has 190 valence electrons. The second-order valence-electron chi connectivity index (χ2n) is 11.1. The monoisotopic (exact) mass is 494 g/mol. The number of likely N-dealkylation sites (tertiary alicyclic amines) is 1. The molecule has 1 spiro atoms. The van der Waals surface area contributed by atoms with Gasteiger partial charge in [-0.3, -0.25) is 9.69 Å². The van der Waals surface area contributed by atoms with Gasteiger partial charge in [-0.2, -0.15) is 0 Å². The molecule has 5 heterocycles. The molecule has 1 amide bonds. The molecule has 7 nitrogen and oxygen atoms in total. The lowest BCUT2D eigenvalue weighted by Crippen LogP contribution is -2.64. The zero-order valence-corrected chi connectivity index (χ0v) is 21.5. The number of hydrogen-bond donors (Lipinski definition) is 1. The molecule has 0 aliphatic carbocycles. The van der Waals surface area contributed by atoms with E-state index in [1.54, 1.807) is 0 Å². The number of aromatic nitrogens is 4. The number of hydrogen-bond acceptors (Lipinski definition) is 4. The van der Waals surface area contributed by atoms with E-state index in [1.165, 1.54) is 34.1 Å². The van der Waals surface area contributed by atoms with Gasteiger partial charge in [-0.15, -0.1) is 5.10 Å². The Morgan fingerprint density at radius 1 is 1.00 bits per heavy atom. The van der Waals surface area contributed by atoms with Crippen LogP contribution in [0.2, 0.25) is 0 Å². The van der Waals surface area contributed by atoms with E-state index in [1.807, 2.05) is 29.1 Å². The predicted molar refractivity (Wildman–Crippen MR) is 143 cm³/mol. The predicted octanol–water partition coefficient (Wildman–Crippen LogP) is 4.83. The van der Waals surface area contributed by atoms with Crippen molar-refractivity contribution in [1.29, 1.82) is 0 Å². The summed E-state index contributed by atoms with van der Waals surface area (Å²) in [5.41, 5.74) is 5.22. The van der Waals surface area contributed by atoms with Gasteiger partial charge in [-0.05, 0) is 42.9 Å². The molecule has 37 heavy (non-hydrogen) atoms. The van der Waals surface area contributed by atoms with Gasteiger partial charge in [0.1, 0.15) is 11.4 Å². The fourth-order valence-corrected chi connectivity index (χ4v) is 7.68. The van der Waals surface area contributed by atoms with Crippen LogP contribution in [0.15, 0.2) is 60.8 Å². The molecule has 1 N–H and O–H groups in total. The molecule has 0 radical (unpaired) electrons. The summed E-state index contributed by atoms with van der Waals surface area (Å²) in [4.78, 5) is 22.7. The normalized spacial score (nSPS) is 25.6. The van der Waals surface area contributed by atoms with Crippen LogP contribution in [0, 0.1) is 5.41 Å². The van der Waals surface area contributed by atoms with E-state index in [2.05, 4.69) is 68.4 Å². The van der Waals surface area contributed by atoms with Crippen molar-refractivity contribution in [2.75, 3.05) is 13.1 Å². The number of amides is 1. The maximum atomic E-state index is 14.0. The van der Waals surface area contributed by atoms with Crippen LogP contribution in [0.4, 0.5) is 0 Å². The highest BCUT2D eigenvalue weighted by molar-refractivity contribution is 5.87. The number of carbonyl (C=O) groups excluding carboxylic acids is 1. The van der Waals surface area contributed by atoms with Gasteiger partial charge in [-0.1, -0.05) is 67.1 Å². The fourth-order valence-electron chi connectivity index (χ4n) is 7.68. The van der Waals surface area contributed by atoms with Gasteiger partial charge < -0.3 is 9.88 Å². The first kappa shape index (κ1) is 22.7. The Hall–Kier alpha value is -3.45.